The van der Waals surface area contributed by atoms with Crippen molar-refractivity contribution in [2.24, 2.45) is 11.7 Å². The van der Waals surface area contributed by atoms with Gasteiger partial charge in [-0.25, -0.2) is 0 Å². The van der Waals surface area contributed by atoms with E-state index in [-0.39, 0.29) is 17.7 Å². The molecule has 2 nitrogen and oxygen atoms in total. The Morgan fingerprint density at radius 3 is 2.71 bits per heavy atom. The van der Waals surface area contributed by atoms with E-state index in [1.165, 1.54) is 30.4 Å². The average Bonchev–Trinajstić information content (AvgIpc) is 2.74. The fourth-order valence-electron chi connectivity index (χ4n) is 2.39. The number of benzene rings is 1. The Kier molecular flexibility index (Phi) is 3.63. The van der Waals surface area contributed by atoms with Gasteiger partial charge < -0.3 is 5.73 Å². The lowest BCUT2D eigenvalue weighted by Gasteiger charge is -2.14. The highest BCUT2D eigenvalue weighted by Crippen LogP contribution is 2.23. The highest BCUT2D eigenvalue weighted by molar-refractivity contribution is 5.83. The number of ketones is 1. The van der Waals surface area contributed by atoms with E-state index in [9.17, 15) is 4.79 Å². The van der Waals surface area contributed by atoms with Gasteiger partial charge in [0.2, 0.25) is 0 Å². The van der Waals surface area contributed by atoms with E-state index in [4.69, 9.17) is 5.73 Å². The summed E-state index contributed by atoms with van der Waals surface area (Å²) in [6.07, 6.45) is 4.14. The summed E-state index contributed by atoms with van der Waals surface area (Å²) in [6.45, 7) is 3.81. The summed E-state index contributed by atoms with van der Waals surface area (Å²) < 4.78 is 0. The Balaban J connectivity index is 2.07. The molecule has 1 aliphatic rings. The first kappa shape index (κ1) is 12.3. The maximum absolute atomic E-state index is 12.0. The van der Waals surface area contributed by atoms with Crippen LogP contribution in [0.4, 0.5) is 0 Å². The van der Waals surface area contributed by atoms with Gasteiger partial charge >= 0.3 is 0 Å². The zero-order valence-corrected chi connectivity index (χ0v) is 10.7. The maximum Gasteiger partial charge on any atom is 0.141 e. The quantitative estimate of drug-likeness (QED) is 0.863. The van der Waals surface area contributed by atoms with E-state index in [1.807, 2.05) is 13.8 Å². The predicted octanol–water partition coefficient (Wildman–Crippen LogP) is 2.27. The Labute approximate surface area is 103 Å². The summed E-state index contributed by atoms with van der Waals surface area (Å²) in [6, 6.07) is 6.42. The van der Waals surface area contributed by atoms with Gasteiger partial charge in [0.1, 0.15) is 5.78 Å². The molecule has 0 amide bonds. The van der Waals surface area contributed by atoms with E-state index in [0.29, 0.717) is 6.42 Å². The van der Waals surface area contributed by atoms with Crippen molar-refractivity contribution < 1.29 is 4.79 Å². The normalized spacial score (nSPS) is 17.6. The number of hydrogen-bond donors (Lipinski definition) is 1. The Morgan fingerprint density at radius 2 is 2.00 bits per heavy atom. The van der Waals surface area contributed by atoms with Gasteiger partial charge in [-0.05, 0) is 42.9 Å². The lowest BCUT2D eigenvalue weighted by atomic mass is 9.93. The fraction of sp³-hybridized carbons (Fsp3) is 0.533. The highest BCUT2D eigenvalue weighted by atomic mass is 16.1. The second-order valence-corrected chi connectivity index (χ2v) is 5.25. The second kappa shape index (κ2) is 5.01. The van der Waals surface area contributed by atoms with Crippen molar-refractivity contribution in [3.8, 4) is 0 Å². The predicted molar refractivity (Wildman–Crippen MR) is 70.0 cm³/mol. The molecule has 1 aromatic carbocycles. The number of rotatable bonds is 4. The van der Waals surface area contributed by atoms with Crippen LogP contribution in [-0.4, -0.2) is 11.8 Å². The molecule has 0 heterocycles. The zero-order valence-electron chi connectivity index (χ0n) is 10.7. The van der Waals surface area contributed by atoms with Gasteiger partial charge in [0, 0.05) is 18.4 Å². The first-order chi connectivity index (χ1) is 8.08. The number of fused-ring (bicyclic) bond motifs is 1. The van der Waals surface area contributed by atoms with Crippen LogP contribution < -0.4 is 5.73 Å². The largest absolute Gasteiger partial charge is 0.327 e. The average molecular weight is 231 g/mol. The van der Waals surface area contributed by atoms with Crippen LogP contribution in [0.15, 0.2) is 18.2 Å². The molecule has 0 aromatic heterocycles. The van der Waals surface area contributed by atoms with Gasteiger partial charge in [-0.3, -0.25) is 4.79 Å². The van der Waals surface area contributed by atoms with Crippen LogP contribution in [0.5, 0.6) is 0 Å². The molecule has 0 saturated carbocycles. The van der Waals surface area contributed by atoms with Crippen molar-refractivity contribution in [1.29, 1.82) is 0 Å². The highest BCUT2D eigenvalue weighted by Gasteiger charge is 2.18. The number of carbonyl (C=O) groups excluding carboxylic acids is 1. The molecule has 2 atom stereocenters. The standard InChI is InChI=1S/C15H21NO/c1-10(11(2)16)15(17)9-12-6-7-13-4-3-5-14(13)8-12/h6-8,10-11H,3-5,9,16H2,1-2H3. The third-order valence-corrected chi connectivity index (χ3v) is 3.84. The monoisotopic (exact) mass is 231 g/mol. The van der Waals surface area contributed by atoms with Crippen LogP contribution >= 0.6 is 0 Å². The van der Waals surface area contributed by atoms with E-state index >= 15 is 0 Å². The van der Waals surface area contributed by atoms with Crippen LogP contribution in [0.2, 0.25) is 0 Å². The molecular weight excluding hydrogens is 210 g/mol. The molecule has 1 aliphatic carbocycles. The molecule has 0 bridgehead atoms. The van der Waals surface area contributed by atoms with Crippen molar-refractivity contribution in [1.82, 2.24) is 0 Å². The molecule has 0 fully saturated rings. The van der Waals surface area contributed by atoms with E-state index in [1.54, 1.807) is 0 Å². The van der Waals surface area contributed by atoms with Gasteiger partial charge in [-0.1, -0.05) is 25.1 Å². The van der Waals surface area contributed by atoms with Gasteiger partial charge in [0.05, 0.1) is 0 Å². The molecular formula is C15H21NO. The molecule has 0 spiro atoms. The molecule has 1 aromatic rings. The molecule has 0 aliphatic heterocycles. The molecule has 0 radical (unpaired) electrons. The second-order valence-electron chi connectivity index (χ2n) is 5.25. The summed E-state index contributed by atoms with van der Waals surface area (Å²) in [5, 5.41) is 0. The zero-order chi connectivity index (χ0) is 12.4. The van der Waals surface area contributed by atoms with Crippen molar-refractivity contribution in [3.05, 3.63) is 34.9 Å². The number of Topliss-reactive ketones (excluding diaryl/α,β-unsaturated/α-hetero) is 1. The summed E-state index contributed by atoms with van der Waals surface area (Å²) >= 11 is 0. The molecule has 2 rings (SSSR count). The minimum absolute atomic E-state index is 0.0525. The Morgan fingerprint density at radius 1 is 1.29 bits per heavy atom. The number of carbonyl (C=O) groups is 1. The molecule has 2 heteroatoms. The van der Waals surface area contributed by atoms with Gasteiger partial charge in [0.15, 0.2) is 0 Å². The summed E-state index contributed by atoms with van der Waals surface area (Å²) in [5.74, 6) is 0.196. The number of aryl methyl sites for hydroxylation is 2. The van der Waals surface area contributed by atoms with Gasteiger partial charge in [-0.2, -0.15) is 0 Å². The van der Waals surface area contributed by atoms with Crippen LogP contribution in [-0.2, 0) is 24.1 Å². The maximum atomic E-state index is 12.0. The number of hydrogen-bond acceptors (Lipinski definition) is 2. The molecule has 0 saturated heterocycles. The lowest BCUT2D eigenvalue weighted by Crippen LogP contribution is -2.31. The van der Waals surface area contributed by atoms with Crippen LogP contribution in [0.25, 0.3) is 0 Å². The van der Waals surface area contributed by atoms with Crippen LogP contribution in [0.1, 0.15) is 37.0 Å². The first-order valence-corrected chi connectivity index (χ1v) is 6.47. The Hall–Kier alpha value is -1.15. The Bertz CT molecular complexity index is 423. The third kappa shape index (κ3) is 2.75. The van der Waals surface area contributed by atoms with E-state index in [0.717, 1.165) is 5.56 Å². The first-order valence-electron chi connectivity index (χ1n) is 6.47. The van der Waals surface area contributed by atoms with Crippen molar-refractivity contribution in [2.75, 3.05) is 0 Å². The van der Waals surface area contributed by atoms with E-state index < -0.39 is 0 Å². The van der Waals surface area contributed by atoms with Crippen LogP contribution in [0.3, 0.4) is 0 Å². The molecule has 17 heavy (non-hydrogen) atoms. The third-order valence-electron chi connectivity index (χ3n) is 3.84. The summed E-state index contributed by atoms with van der Waals surface area (Å²) in [4.78, 5) is 12.0. The smallest absolute Gasteiger partial charge is 0.141 e. The van der Waals surface area contributed by atoms with Crippen molar-refractivity contribution in [2.45, 2.75) is 45.6 Å². The van der Waals surface area contributed by atoms with Gasteiger partial charge in [0.25, 0.3) is 0 Å². The number of nitrogens with two attached hydrogens (primary N) is 1. The minimum Gasteiger partial charge on any atom is -0.327 e. The lowest BCUT2D eigenvalue weighted by molar-refractivity contribution is -0.122. The van der Waals surface area contributed by atoms with Gasteiger partial charge in [-0.15, -0.1) is 0 Å². The summed E-state index contributed by atoms with van der Waals surface area (Å²) in [5.41, 5.74) is 9.80. The minimum atomic E-state index is -0.0584. The molecule has 2 unspecified atom stereocenters. The van der Waals surface area contributed by atoms with Crippen molar-refractivity contribution in [3.63, 3.8) is 0 Å². The van der Waals surface area contributed by atoms with Crippen LogP contribution in [0, 0.1) is 5.92 Å². The van der Waals surface area contributed by atoms with E-state index in [2.05, 4.69) is 18.2 Å². The summed E-state index contributed by atoms with van der Waals surface area (Å²) in [7, 11) is 0. The molecule has 92 valence electrons. The topological polar surface area (TPSA) is 43.1 Å². The fourth-order valence-corrected chi connectivity index (χ4v) is 2.39. The molecule has 2 N–H and O–H groups in total. The SMILES string of the molecule is CC(N)C(C)C(=O)Cc1ccc2c(c1)CCC2. The van der Waals surface area contributed by atoms with Crippen molar-refractivity contribution >= 4 is 5.78 Å².